The normalized spacial score (nSPS) is 13.1. The third-order valence-corrected chi connectivity index (χ3v) is 6.14. The number of benzene rings is 1. The zero-order chi connectivity index (χ0) is 28.9. The molecule has 0 aliphatic carbocycles. The summed E-state index contributed by atoms with van der Waals surface area (Å²) in [5, 5.41) is 2.39. The van der Waals surface area contributed by atoms with Crippen LogP contribution >= 0.6 is 0 Å². The Morgan fingerprint density at radius 2 is 1.69 bits per heavy atom. The van der Waals surface area contributed by atoms with Crippen LogP contribution in [0, 0.1) is 17.8 Å². The largest absolute Gasteiger partial charge is 0.493 e. The number of ketones is 3. The summed E-state index contributed by atoms with van der Waals surface area (Å²) in [4.78, 5) is 78.1. The third-order valence-electron chi connectivity index (χ3n) is 6.14. The summed E-state index contributed by atoms with van der Waals surface area (Å²) < 4.78 is 10.8. The number of rotatable bonds is 17. The number of Topliss-reactive ketones (excluding diaryl/α,β-unsaturated/α-hetero) is 3. The van der Waals surface area contributed by atoms with Crippen molar-refractivity contribution >= 4 is 35.8 Å². The van der Waals surface area contributed by atoms with Gasteiger partial charge in [-0.05, 0) is 18.4 Å². The smallest absolute Gasteiger partial charge is 0.274 e. The molecule has 1 aromatic carbocycles. The lowest BCUT2D eigenvalue weighted by Crippen LogP contribution is -2.46. The number of nitrogens with one attached hydrogen (secondary N) is 1. The predicted molar refractivity (Wildman–Crippen MR) is 142 cm³/mol. The monoisotopic (exact) mass is 538 g/mol. The van der Waals surface area contributed by atoms with Gasteiger partial charge in [0.2, 0.25) is 11.6 Å². The lowest BCUT2D eigenvalue weighted by atomic mass is 9.86. The van der Waals surface area contributed by atoms with E-state index in [1.807, 2.05) is 30.3 Å². The molecule has 0 saturated heterocycles. The van der Waals surface area contributed by atoms with E-state index in [1.165, 1.54) is 26.3 Å². The van der Waals surface area contributed by atoms with E-state index in [-0.39, 0.29) is 41.9 Å². The third kappa shape index (κ3) is 8.94. The van der Waals surface area contributed by atoms with Crippen LogP contribution in [0.5, 0.6) is 11.5 Å². The van der Waals surface area contributed by atoms with Crippen LogP contribution in [0.1, 0.15) is 49.7 Å². The highest BCUT2D eigenvalue weighted by atomic mass is 16.5. The molecule has 2 aromatic rings. The first-order valence-corrected chi connectivity index (χ1v) is 12.6. The van der Waals surface area contributed by atoms with E-state index < -0.39 is 41.8 Å². The van der Waals surface area contributed by atoms with Gasteiger partial charge in [0.05, 0.1) is 7.11 Å². The number of amides is 1. The molecule has 0 bridgehead atoms. The number of carbonyl (C=O) groups excluding carboxylic acids is 6. The molecule has 2 rings (SSSR count). The molecule has 1 aromatic heterocycles. The molecule has 39 heavy (non-hydrogen) atoms. The average molecular weight is 539 g/mol. The van der Waals surface area contributed by atoms with Crippen molar-refractivity contribution in [1.82, 2.24) is 10.3 Å². The Morgan fingerprint density at radius 1 is 1.00 bits per heavy atom. The summed E-state index contributed by atoms with van der Waals surface area (Å²) in [6.45, 7) is 4.59. The molecule has 0 radical (unpaired) electrons. The van der Waals surface area contributed by atoms with E-state index in [1.54, 1.807) is 13.8 Å². The Hall–Kier alpha value is -4.21. The Labute approximate surface area is 227 Å². The van der Waals surface area contributed by atoms with E-state index >= 15 is 0 Å². The maximum atomic E-state index is 13.1. The summed E-state index contributed by atoms with van der Waals surface area (Å²) in [6.07, 6.45) is 2.55. The maximum absolute atomic E-state index is 13.1. The molecule has 1 heterocycles. The standard InChI is InChI=1S/C29H34N2O8/c1-18(2)23(34)17-39-28-24(38-4)10-12-30-25(28)29(37)31-22(11-13-32)27(36)26(35)19(3)14-21(16-33)15-20-8-6-5-7-9-20/h5-10,12-13,16,18-19,21-22H,11,14-15,17H2,1-4H3,(H,31,37)/t19-,21+,22-/m0/s1. The maximum Gasteiger partial charge on any atom is 0.274 e. The van der Waals surface area contributed by atoms with Crippen LogP contribution in [-0.2, 0) is 30.4 Å². The number of pyridine rings is 1. The van der Waals surface area contributed by atoms with Gasteiger partial charge in [0.15, 0.2) is 23.0 Å². The van der Waals surface area contributed by atoms with E-state index in [0.29, 0.717) is 12.7 Å². The lowest BCUT2D eigenvalue weighted by Gasteiger charge is -2.20. The molecule has 1 amide bonds. The summed E-state index contributed by atoms with van der Waals surface area (Å²) in [6, 6.07) is 9.26. The number of hydrogen-bond donors (Lipinski definition) is 1. The number of aldehydes is 2. The van der Waals surface area contributed by atoms with E-state index in [9.17, 15) is 28.8 Å². The molecule has 0 saturated carbocycles. The first-order chi connectivity index (χ1) is 18.6. The topological polar surface area (TPSA) is 146 Å². The molecule has 0 aliphatic heterocycles. The molecular formula is C29H34N2O8. The fraction of sp³-hybridized carbons (Fsp3) is 0.414. The first kappa shape index (κ1) is 31.0. The summed E-state index contributed by atoms with van der Waals surface area (Å²) >= 11 is 0. The quantitative estimate of drug-likeness (QED) is 0.237. The van der Waals surface area contributed by atoms with Crippen molar-refractivity contribution in [2.24, 2.45) is 17.8 Å². The molecule has 0 fully saturated rings. The Kier molecular flexibility index (Phi) is 12.1. The minimum Gasteiger partial charge on any atom is -0.493 e. The Bertz CT molecular complexity index is 1180. The van der Waals surface area contributed by atoms with Crippen molar-refractivity contribution in [3.8, 4) is 11.5 Å². The fourth-order valence-corrected chi connectivity index (χ4v) is 3.84. The van der Waals surface area contributed by atoms with Crippen LogP contribution in [0.15, 0.2) is 42.6 Å². The Balaban J connectivity index is 2.17. The van der Waals surface area contributed by atoms with Crippen LogP contribution in [0.2, 0.25) is 0 Å². The number of carbonyl (C=O) groups is 6. The van der Waals surface area contributed by atoms with Gasteiger partial charge in [-0.2, -0.15) is 0 Å². The molecule has 10 nitrogen and oxygen atoms in total. The van der Waals surface area contributed by atoms with Crippen LogP contribution in [0.25, 0.3) is 0 Å². The number of aromatic nitrogens is 1. The lowest BCUT2D eigenvalue weighted by molar-refractivity contribution is -0.140. The molecule has 0 unspecified atom stereocenters. The number of nitrogens with zero attached hydrogens (tertiary/aromatic N) is 1. The number of ether oxygens (including phenoxy) is 2. The number of methoxy groups -OCH3 is 1. The second kappa shape index (κ2) is 15.3. The van der Waals surface area contributed by atoms with Crippen LogP contribution in [-0.4, -0.2) is 60.6 Å². The molecule has 0 aliphatic rings. The first-order valence-electron chi connectivity index (χ1n) is 12.6. The zero-order valence-corrected chi connectivity index (χ0v) is 22.5. The van der Waals surface area contributed by atoms with Gasteiger partial charge in [-0.25, -0.2) is 4.98 Å². The van der Waals surface area contributed by atoms with Crippen LogP contribution < -0.4 is 14.8 Å². The Morgan fingerprint density at radius 3 is 2.28 bits per heavy atom. The van der Waals surface area contributed by atoms with Gasteiger partial charge in [0, 0.05) is 36.4 Å². The molecule has 3 atom stereocenters. The number of hydrogen-bond acceptors (Lipinski definition) is 9. The van der Waals surface area contributed by atoms with Crippen LogP contribution in [0.4, 0.5) is 0 Å². The van der Waals surface area contributed by atoms with Crippen molar-refractivity contribution in [2.75, 3.05) is 13.7 Å². The minimum atomic E-state index is -1.45. The van der Waals surface area contributed by atoms with Crippen molar-refractivity contribution < 1.29 is 38.2 Å². The summed E-state index contributed by atoms with van der Waals surface area (Å²) in [5.41, 5.74) is 0.643. The van der Waals surface area contributed by atoms with Gasteiger partial charge in [0.1, 0.15) is 25.2 Å². The van der Waals surface area contributed by atoms with Crippen molar-refractivity contribution in [3.05, 3.63) is 53.9 Å². The fourth-order valence-electron chi connectivity index (χ4n) is 3.84. The van der Waals surface area contributed by atoms with Crippen molar-refractivity contribution in [2.45, 2.75) is 46.1 Å². The molecule has 208 valence electrons. The van der Waals surface area contributed by atoms with Gasteiger partial charge in [-0.1, -0.05) is 51.1 Å². The molecule has 10 heteroatoms. The highest BCUT2D eigenvalue weighted by molar-refractivity contribution is 6.40. The molecule has 0 spiro atoms. The zero-order valence-electron chi connectivity index (χ0n) is 22.5. The predicted octanol–water partition coefficient (Wildman–Crippen LogP) is 2.60. The van der Waals surface area contributed by atoms with Gasteiger partial charge in [-0.3, -0.25) is 19.2 Å². The highest BCUT2D eigenvalue weighted by Crippen LogP contribution is 2.30. The van der Waals surface area contributed by atoms with Crippen molar-refractivity contribution in [3.63, 3.8) is 0 Å². The second-order valence-electron chi connectivity index (χ2n) is 9.48. The summed E-state index contributed by atoms with van der Waals surface area (Å²) in [5.74, 6) is -4.48. The average Bonchev–Trinajstić information content (AvgIpc) is 2.94. The van der Waals surface area contributed by atoms with E-state index in [0.717, 1.165) is 11.8 Å². The van der Waals surface area contributed by atoms with Crippen LogP contribution in [0.3, 0.4) is 0 Å². The van der Waals surface area contributed by atoms with E-state index in [4.69, 9.17) is 9.47 Å². The molecular weight excluding hydrogens is 504 g/mol. The highest BCUT2D eigenvalue weighted by Gasteiger charge is 2.32. The van der Waals surface area contributed by atoms with Gasteiger partial charge >= 0.3 is 0 Å². The van der Waals surface area contributed by atoms with Crippen molar-refractivity contribution in [1.29, 1.82) is 0 Å². The second-order valence-corrected chi connectivity index (χ2v) is 9.48. The molecule has 1 N–H and O–H groups in total. The van der Waals surface area contributed by atoms with Gasteiger partial charge in [-0.15, -0.1) is 0 Å². The van der Waals surface area contributed by atoms with Gasteiger partial charge < -0.3 is 24.4 Å². The van der Waals surface area contributed by atoms with Gasteiger partial charge in [0.25, 0.3) is 5.91 Å². The minimum absolute atomic E-state index is 0.113. The van der Waals surface area contributed by atoms with E-state index in [2.05, 4.69) is 10.3 Å². The SMILES string of the molecule is COc1ccnc(C(=O)N[C@@H](CC=O)C(=O)C(=O)[C@@H](C)C[C@@H](C=O)Cc2ccccc2)c1OCC(=O)C(C)C. The summed E-state index contributed by atoms with van der Waals surface area (Å²) in [7, 11) is 1.34.